The Balaban J connectivity index is 0. The van der Waals surface area contributed by atoms with Crippen molar-refractivity contribution in [2.75, 3.05) is 14.2 Å². The number of rotatable bonds is 2. The van der Waals surface area contributed by atoms with Gasteiger partial charge < -0.3 is 20.4 Å². The summed E-state index contributed by atoms with van der Waals surface area (Å²) in [6.07, 6.45) is 0. The quantitative estimate of drug-likeness (QED) is 0.516. The smallest absolute Gasteiger partial charge is 0.160 e. The second-order valence-electron chi connectivity index (χ2n) is 2.36. The Kier molecular flexibility index (Phi) is 6.99. The van der Waals surface area contributed by atoms with Crippen LogP contribution < -0.4 is 14.9 Å². The van der Waals surface area contributed by atoms with Crippen LogP contribution in [-0.4, -0.2) is 33.0 Å². The van der Waals surface area contributed by atoms with Crippen molar-refractivity contribution in [2.45, 2.75) is 0 Å². The third-order valence-electron chi connectivity index (χ3n) is 1.54. The van der Waals surface area contributed by atoms with Crippen molar-refractivity contribution >= 4 is 13.3 Å². The number of benzene rings is 1. The largest absolute Gasteiger partial charge is 0.493 e. The zero-order valence-corrected chi connectivity index (χ0v) is 8.05. The molecule has 4 N–H and O–H groups in total. The summed E-state index contributed by atoms with van der Waals surface area (Å²) in [5.74, 6) is 1.56. The van der Waals surface area contributed by atoms with E-state index < -0.39 is 0 Å². The van der Waals surface area contributed by atoms with E-state index in [0.29, 0.717) is 0 Å². The topological polar surface area (TPSA) is 81.5 Å². The minimum atomic E-state index is 0. The molecule has 74 valence electrons. The summed E-state index contributed by atoms with van der Waals surface area (Å²) in [5, 5.41) is 0. The van der Waals surface area contributed by atoms with E-state index in [4.69, 9.17) is 9.47 Å². The predicted molar refractivity (Wildman–Crippen MR) is 55.0 cm³/mol. The van der Waals surface area contributed by atoms with E-state index in [9.17, 15) is 0 Å². The van der Waals surface area contributed by atoms with E-state index in [0.717, 1.165) is 11.5 Å². The SMILES string of the molecule is Bc1ccc(OC)c(OC)c1.O.O. The molecule has 0 amide bonds. The fourth-order valence-electron chi connectivity index (χ4n) is 0.943. The van der Waals surface area contributed by atoms with Crippen LogP contribution in [0.15, 0.2) is 18.2 Å². The highest BCUT2D eigenvalue weighted by atomic mass is 16.5. The molecule has 0 aliphatic heterocycles. The van der Waals surface area contributed by atoms with Gasteiger partial charge in [0.2, 0.25) is 0 Å². The molecule has 0 aliphatic rings. The molecular weight excluding hydrogens is 171 g/mol. The average Bonchev–Trinajstić information content (AvgIpc) is 2.04. The van der Waals surface area contributed by atoms with Crippen LogP contribution in [0.4, 0.5) is 0 Å². The second kappa shape index (κ2) is 6.34. The van der Waals surface area contributed by atoms with E-state index in [-0.39, 0.29) is 11.0 Å². The van der Waals surface area contributed by atoms with E-state index in [2.05, 4.69) is 0 Å². The molecule has 0 spiro atoms. The van der Waals surface area contributed by atoms with Gasteiger partial charge in [-0.05, 0) is 12.1 Å². The highest BCUT2D eigenvalue weighted by Crippen LogP contribution is 2.23. The standard InChI is InChI=1S/C8H11BO2.2H2O/c1-10-7-4-3-6(9)5-8(7)11-2;;/h3-5H,9H2,1-2H3;2*1H2. The Morgan fingerprint density at radius 1 is 1.00 bits per heavy atom. The molecule has 0 fully saturated rings. The van der Waals surface area contributed by atoms with Crippen LogP contribution >= 0.6 is 0 Å². The molecular formula is C8H15BO4. The fraction of sp³-hybridized carbons (Fsp3) is 0.250. The molecule has 0 aromatic heterocycles. The Morgan fingerprint density at radius 3 is 2.00 bits per heavy atom. The molecule has 1 aromatic rings. The van der Waals surface area contributed by atoms with Crippen LogP contribution in [0.2, 0.25) is 0 Å². The summed E-state index contributed by atoms with van der Waals surface area (Å²) in [7, 11) is 5.28. The van der Waals surface area contributed by atoms with E-state index in [1.54, 1.807) is 14.2 Å². The molecule has 5 heteroatoms. The van der Waals surface area contributed by atoms with Crippen molar-refractivity contribution in [3.63, 3.8) is 0 Å². The Bertz CT molecular complexity index is 252. The molecule has 0 bridgehead atoms. The molecule has 0 radical (unpaired) electrons. The van der Waals surface area contributed by atoms with Gasteiger partial charge in [0.15, 0.2) is 11.5 Å². The zero-order chi connectivity index (χ0) is 8.27. The van der Waals surface area contributed by atoms with Gasteiger partial charge in [0, 0.05) is 0 Å². The lowest BCUT2D eigenvalue weighted by Crippen LogP contribution is -2.02. The highest BCUT2D eigenvalue weighted by molar-refractivity contribution is 6.32. The van der Waals surface area contributed by atoms with Crippen molar-refractivity contribution in [3.05, 3.63) is 18.2 Å². The average molecular weight is 186 g/mol. The maximum Gasteiger partial charge on any atom is 0.160 e. The lowest BCUT2D eigenvalue weighted by Gasteiger charge is -2.06. The summed E-state index contributed by atoms with van der Waals surface area (Å²) < 4.78 is 10.2. The van der Waals surface area contributed by atoms with E-state index in [1.807, 2.05) is 26.0 Å². The van der Waals surface area contributed by atoms with Crippen LogP contribution in [0.3, 0.4) is 0 Å². The van der Waals surface area contributed by atoms with Gasteiger partial charge in [-0.3, -0.25) is 0 Å². The molecule has 0 unspecified atom stereocenters. The van der Waals surface area contributed by atoms with Crippen LogP contribution in [0.25, 0.3) is 0 Å². The predicted octanol–water partition coefficient (Wildman–Crippen LogP) is -1.69. The van der Waals surface area contributed by atoms with Crippen molar-refractivity contribution < 1.29 is 20.4 Å². The maximum atomic E-state index is 5.09. The van der Waals surface area contributed by atoms with Gasteiger partial charge in [-0.15, -0.1) is 0 Å². The number of ether oxygens (including phenoxy) is 2. The molecule has 0 saturated carbocycles. The summed E-state index contributed by atoms with van der Waals surface area (Å²) in [4.78, 5) is 0. The summed E-state index contributed by atoms with van der Waals surface area (Å²) in [6, 6.07) is 5.83. The van der Waals surface area contributed by atoms with Gasteiger partial charge in [-0.1, -0.05) is 11.5 Å². The Labute approximate surface area is 78.5 Å². The maximum absolute atomic E-state index is 5.09. The van der Waals surface area contributed by atoms with Gasteiger partial charge in [0.1, 0.15) is 7.85 Å². The number of methoxy groups -OCH3 is 2. The molecule has 1 rings (SSSR count). The van der Waals surface area contributed by atoms with Crippen LogP contribution in [-0.2, 0) is 0 Å². The number of hydrogen-bond donors (Lipinski definition) is 0. The normalized spacial score (nSPS) is 7.85. The van der Waals surface area contributed by atoms with Crippen LogP contribution in [0, 0.1) is 0 Å². The number of hydrogen-bond acceptors (Lipinski definition) is 2. The Morgan fingerprint density at radius 2 is 1.54 bits per heavy atom. The van der Waals surface area contributed by atoms with Crippen molar-refractivity contribution in [3.8, 4) is 11.5 Å². The lowest BCUT2D eigenvalue weighted by molar-refractivity contribution is 0.355. The Hall–Kier alpha value is -1.20. The summed E-state index contributed by atoms with van der Waals surface area (Å²) in [5.41, 5.74) is 1.17. The lowest BCUT2D eigenvalue weighted by atomic mass is 9.96. The first kappa shape index (κ1) is 14.3. The van der Waals surface area contributed by atoms with Gasteiger partial charge in [-0.25, -0.2) is 0 Å². The first-order valence-corrected chi connectivity index (χ1v) is 3.46. The monoisotopic (exact) mass is 186 g/mol. The van der Waals surface area contributed by atoms with E-state index >= 15 is 0 Å². The first-order chi connectivity index (χ1) is 5.27. The van der Waals surface area contributed by atoms with Crippen molar-refractivity contribution in [1.82, 2.24) is 0 Å². The van der Waals surface area contributed by atoms with Crippen LogP contribution in [0.1, 0.15) is 0 Å². The molecule has 1 aromatic carbocycles. The molecule has 13 heavy (non-hydrogen) atoms. The van der Waals surface area contributed by atoms with Gasteiger partial charge in [-0.2, -0.15) is 0 Å². The molecule has 0 atom stereocenters. The highest BCUT2D eigenvalue weighted by Gasteiger charge is 2.00. The second-order valence-corrected chi connectivity index (χ2v) is 2.36. The zero-order valence-electron chi connectivity index (χ0n) is 8.05. The van der Waals surface area contributed by atoms with Crippen molar-refractivity contribution in [2.24, 2.45) is 0 Å². The summed E-state index contributed by atoms with van der Waals surface area (Å²) in [6.45, 7) is 0. The molecule has 4 nitrogen and oxygen atoms in total. The molecule has 0 heterocycles. The van der Waals surface area contributed by atoms with Gasteiger partial charge in [0.25, 0.3) is 0 Å². The first-order valence-electron chi connectivity index (χ1n) is 3.46. The molecule has 0 aliphatic carbocycles. The minimum absolute atomic E-state index is 0. The third kappa shape index (κ3) is 3.35. The van der Waals surface area contributed by atoms with Crippen LogP contribution in [0.5, 0.6) is 11.5 Å². The third-order valence-corrected chi connectivity index (χ3v) is 1.54. The van der Waals surface area contributed by atoms with Gasteiger partial charge in [0.05, 0.1) is 14.2 Å². The van der Waals surface area contributed by atoms with Gasteiger partial charge >= 0.3 is 0 Å². The molecule has 0 saturated heterocycles. The van der Waals surface area contributed by atoms with E-state index in [1.165, 1.54) is 5.46 Å². The fourth-order valence-corrected chi connectivity index (χ4v) is 0.943. The minimum Gasteiger partial charge on any atom is -0.493 e. The van der Waals surface area contributed by atoms with Crippen molar-refractivity contribution in [1.29, 1.82) is 0 Å². The summed E-state index contributed by atoms with van der Waals surface area (Å²) >= 11 is 0.